The molecule has 0 radical (unpaired) electrons. The lowest BCUT2D eigenvalue weighted by Gasteiger charge is -2.25. The Morgan fingerprint density at radius 3 is 2.58 bits per heavy atom. The van der Waals surface area contributed by atoms with Crippen molar-refractivity contribution in [1.29, 1.82) is 0 Å². The second-order valence-electron chi connectivity index (χ2n) is 5.46. The summed E-state index contributed by atoms with van der Waals surface area (Å²) >= 11 is 0. The Balaban J connectivity index is 1.70. The van der Waals surface area contributed by atoms with Gasteiger partial charge in [0.2, 0.25) is 6.10 Å². The molecule has 0 fully saturated rings. The molecule has 2 aromatic rings. The number of hydrogen-bond donors (Lipinski definition) is 2. The molecule has 2 N–H and O–H groups in total. The maximum atomic E-state index is 12.4. The number of carbonyl (C=O) groups is 2. The molecule has 6 heteroatoms. The molecule has 0 spiro atoms. The highest BCUT2D eigenvalue weighted by molar-refractivity contribution is 5.97. The average Bonchev–Trinajstić information content (AvgIpc) is 2.62. The minimum atomic E-state index is -0.724. The third kappa shape index (κ3) is 3.17. The van der Waals surface area contributed by atoms with Gasteiger partial charge < -0.3 is 20.1 Å². The second kappa shape index (κ2) is 6.62. The van der Waals surface area contributed by atoms with Crippen molar-refractivity contribution in [3.63, 3.8) is 0 Å². The smallest absolute Gasteiger partial charge is 0.269 e. The van der Waals surface area contributed by atoms with Crippen LogP contribution in [0.15, 0.2) is 42.5 Å². The number of fused-ring (bicyclic) bond motifs is 1. The lowest BCUT2D eigenvalue weighted by atomic mass is 10.1. The quantitative estimate of drug-likeness (QED) is 0.906. The van der Waals surface area contributed by atoms with Crippen LogP contribution < -0.4 is 20.1 Å². The van der Waals surface area contributed by atoms with E-state index in [4.69, 9.17) is 9.47 Å². The molecule has 1 atom stereocenters. The SMILES string of the molecule is CNC(=O)c1ccc(NC(=O)C2COc3ccccc3O2)c(C)c1. The molecule has 0 aliphatic carbocycles. The molecule has 0 saturated carbocycles. The van der Waals surface area contributed by atoms with E-state index in [1.165, 1.54) is 0 Å². The van der Waals surface area contributed by atoms with Gasteiger partial charge >= 0.3 is 0 Å². The van der Waals surface area contributed by atoms with Crippen LogP contribution >= 0.6 is 0 Å². The van der Waals surface area contributed by atoms with Crippen molar-refractivity contribution in [3.8, 4) is 11.5 Å². The van der Waals surface area contributed by atoms with Crippen LogP contribution in [0.2, 0.25) is 0 Å². The summed E-state index contributed by atoms with van der Waals surface area (Å²) in [5.41, 5.74) is 1.97. The van der Waals surface area contributed by atoms with E-state index in [2.05, 4.69) is 10.6 Å². The fourth-order valence-electron chi connectivity index (χ4n) is 2.45. The van der Waals surface area contributed by atoms with Crippen molar-refractivity contribution in [3.05, 3.63) is 53.6 Å². The van der Waals surface area contributed by atoms with E-state index in [1.54, 1.807) is 37.4 Å². The standard InChI is InChI=1S/C18H18N2O4/c1-11-9-12(17(21)19-2)7-8-13(11)20-18(22)16-10-23-14-5-3-4-6-15(14)24-16/h3-9,16H,10H2,1-2H3,(H,19,21)(H,20,22). The Morgan fingerprint density at radius 1 is 1.12 bits per heavy atom. The Morgan fingerprint density at radius 2 is 1.88 bits per heavy atom. The highest BCUT2D eigenvalue weighted by Gasteiger charge is 2.27. The first-order chi connectivity index (χ1) is 11.6. The van der Waals surface area contributed by atoms with Crippen molar-refractivity contribution in [2.75, 3.05) is 19.0 Å². The zero-order valence-electron chi connectivity index (χ0n) is 13.5. The van der Waals surface area contributed by atoms with Gasteiger partial charge in [-0.2, -0.15) is 0 Å². The monoisotopic (exact) mass is 326 g/mol. The molecule has 1 aliphatic rings. The van der Waals surface area contributed by atoms with Crippen LogP contribution in [0.5, 0.6) is 11.5 Å². The van der Waals surface area contributed by atoms with Gasteiger partial charge in [-0.3, -0.25) is 9.59 Å². The van der Waals surface area contributed by atoms with Crippen molar-refractivity contribution in [2.24, 2.45) is 0 Å². The van der Waals surface area contributed by atoms with Gasteiger partial charge in [0.25, 0.3) is 11.8 Å². The Hall–Kier alpha value is -3.02. The summed E-state index contributed by atoms with van der Waals surface area (Å²) in [6.45, 7) is 1.98. The van der Waals surface area contributed by atoms with Gasteiger partial charge in [-0.1, -0.05) is 12.1 Å². The normalized spacial score (nSPS) is 15.5. The largest absolute Gasteiger partial charge is 0.485 e. The van der Waals surface area contributed by atoms with Gasteiger partial charge in [0.1, 0.15) is 6.61 Å². The summed E-state index contributed by atoms with van der Waals surface area (Å²) in [5, 5.41) is 5.39. The molecule has 24 heavy (non-hydrogen) atoms. The average molecular weight is 326 g/mol. The molecular weight excluding hydrogens is 308 g/mol. The molecule has 0 aromatic heterocycles. The van der Waals surface area contributed by atoms with Crippen molar-refractivity contribution in [2.45, 2.75) is 13.0 Å². The van der Waals surface area contributed by atoms with Gasteiger partial charge in [-0.25, -0.2) is 0 Å². The van der Waals surface area contributed by atoms with Gasteiger partial charge in [0.05, 0.1) is 0 Å². The molecular formula is C18H18N2O4. The van der Waals surface area contributed by atoms with Crippen LogP contribution in [0.1, 0.15) is 15.9 Å². The number of benzene rings is 2. The molecule has 2 aromatic carbocycles. The molecule has 1 aliphatic heterocycles. The first kappa shape index (κ1) is 15.9. The van der Waals surface area contributed by atoms with E-state index >= 15 is 0 Å². The maximum Gasteiger partial charge on any atom is 0.269 e. The topological polar surface area (TPSA) is 76.7 Å². The predicted molar refractivity (Wildman–Crippen MR) is 89.6 cm³/mol. The highest BCUT2D eigenvalue weighted by Crippen LogP contribution is 2.31. The lowest BCUT2D eigenvalue weighted by Crippen LogP contribution is -2.40. The second-order valence-corrected chi connectivity index (χ2v) is 5.46. The van der Waals surface area contributed by atoms with Crippen molar-refractivity contribution >= 4 is 17.5 Å². The fourth-order valence-corrected chi connectivity index (χ4v) is 2.45. The molecule has 2 amide bonds. The Bertz CT molecular complexity index is 788. The van der Waals surface area contributed by atoms with Crippen LogP contribution in [-0.2, 0) is 4.79 Å². The molecule has 6 nitrogen and oxygen atoms in total. The molecule has 1 heterocycles. The van der Waals surface area contributed by atoms with Crippen molar-refractivity contribution < 1.29 is 19.1 Å². The number of anilines is 1. The first-order valence-electron chi connectivity index (χ1n) is 7.60. The highest BCUT2D eigenvalue weighted by atomic mass is 16.6. The number of rotatable bonds is 3. The summed E-state index contributed by atoms with van der Waals surface area (Å²) in [6.07, 6.45) is -0.724. The maximum absolute atomic E-state index is 12.4. The number of nitrogens with one attached hydrogen (secondary N) is 2. The zero-order valence-corrected chi connectivity index (χ0v) is 13.5. The van der Waals surface area contributed by atoms with Gasteiger partial charge in [0.15, 0.2) is 11.5 Å². The van der Waals surface area contributed by atoms with Crippen LogP contribution in [-0.4, -0.2) is 31.6 Å². The van der Waals surface area contributed by atoms with E-state index in [0.717, 1.165) is 5.56 Å². The Kier molecular flexibility index (Phi) is 4.37. The Labute approximate surface area is 139 Å². The summed E-state index contributed by atoms with van der Waals surface area (Å²) in [4.78, 5) is 24.0. The van der Waals surface area contributed by atoms with Gasteiger partial charge in [0, 0.05) is 18.3 Å². The minimum absolute atomic E-state index is 0.151. The molecule has 1 unspecified atom stereocenters. The number of carbonyl (C=O) groups excluding carboxylic acids is 2. The summed E-state index contributed by atoms with van der Waals surface area (Å²) < 4.78 is 11.2. The van der Waals surface area contributed by atoms with Gasteiger partial charge in [-0.15, -0.1) is 0 Å². The molecule has 124 valence electrons. The summed E-state index contributed by atoms with van der Waals surface area (Å²) in [5.74, 6) is 0.722. The van der Waals surface area contributed by atoms with Crippen LogP contribution in [0, 0.1) is 6.92 Å². The molecule has 3 rings (SSSR count). The van der Waals surface area contributed by atoms with Crippen LogP contribution in [0.25, 0.3) is 0 Å². The summed E-state index contributed by atoms with van der Waals surface area (Å²) in [7, 11) is 1.58. The zero-order chi connectivity index (χ0) is 17.1. The van der Waals surface area contributed by atoms with Crippen molar-refractivity contribution in [1.82, 2.24) is 5.32 Å². The van der Waals surface area contributed by atoms with E-state index in [-0.39, 0.29) is 18.4 Å². The van der Waals surface area contributed by atoms with E-state index in [0.29, 0.717) is 22.7 Å². The third-order valence-corrected chi connectivity index (χ3v) is 3.77. The van der Waals surface area contributed by atoms with E-state index < -0.39 is 6.10 Å². The lowest BCUT2D eigenvalue weighted by molar-refractivity contribution is -0.125. The molecule has 0 bridgehead atoms. The molecule has 0 saturated heterocycles. The number of aryl methyl sites for hydroxylation is 1. The fraction of sp³-hybridized carbons (Fsp3) is 0.222. The van der Waals surface area contributed by atoms with Crippen LogP contribution in [0.3, 0.4) is 0 Å². The summed E-state index contributed by atoms with van der Waals surface area (Å²) in [6, 6.07) is 12.3. The number of hydrogen-bond acceptors (Lipinski definition) is 4. The van der Waals surface area contributed by atoms with Gasteiger partial charge in [-0.05, 0) is 42.8 Å². The number of amides is 2. The number of para-hydroxylation sites is 2. The van der Waals surface area contributed by atoms with E-state index in [1.807, 2.05) is 19.1 Å². The first-order valence-corrected chi connectivity index (χ1v) is 7.60. The number of ether oxygens (including phenoxy) is 2. The van der Waals surface area contributed by atoms with E-state index in [9.17, 15) is 9.59 Å². The predicted octanol–water partition coefficient (Wildman–Crippen LogP) is 2.13. The third-order valence-electron chi connectivity index (χ3n) is 3.77. The minimum Gasteiger partial charge on any atom is -0.485 e. The van der Waals surface area contributed by atoms with Crippen LogP contribution in [0.4, 0.5) is 5.69 Å².